The Morgan fingerprint density at radius 3 is 2.71 bits per heavy atom. The van der Waals surface area contributed by atoms with Crippen molar-refractivity contribution in [2.45, 2.75) is 19.4 Å². The Hall–Kier alpha value is -3.06. The summed E-state index contributed by atoms with van der Waals surface area (Å²) in [7, 11) is 2.99. The molecule has 1 amide bonds. The molecule has 0 fully saturated rings. The van der Waals surface area contributed by atoms with E-state index in [4.69, 9.17) is 21.1 Å². The molecule has 0 saturated heterocycles. The highest BCUT2D eigenvalue weighted by molar-refractivity contribution is 6.32. The van der Waals surface area contributed by atoms with Gasteiger partial charge in [0.15, 0.2) is 0 Å². The summed E-state index contributed by atoms with van der Waals surface area (Å²) < 4.78 is 12.2. The van der Waals surface area contributed by atoms with E-state index in [2.05, 4.69) is 10.3 Å². The molecule has 0 unspecified atom stereocenters. The van der Waals surface area contributed by atoms with Gasteiger partial charge in [-0.1, -0.05) is 11.6 Å². The number of carbonyl (C=O) groups is 1. The van der Waals surface area contributed by atoms with Crippen molar-refractivity contribution in [2.24, 2.45) is 0 Å². The lowest BCUT2D eigenvalue weighted by Crippen LogP contribution is -2.21. The van der Waals surface area contributed by atoms with Crippen molar-refractivity contribution in [1.82, 2.24) is 9.55 Å². The maximum absolute atomic E-state index is 12.8. The molecule has 0 aliphatic carbocycles. The number of hydrogen-bond donors (Lipinski definition) is 1. The molecule has 0 saturated carbocycles. The fourth-order valence-corrected chi connectivity index (χ4v) is 3.62. The molecule has 1 aliphatic rings. The number of anilines is 1. The van der Waals surface area contributed by atoms with Gasteiger partial charge in [0, 0.05) is 24.6 Å². The first-order chi connectivity index (χ1) is 13.5. The van der Waals surface area contributed by atoms with Crippen molar-refractivity contribution in [2.75, 3.05) is 19.5 Å². The normalized spacial score (nSPS) is 12.7. The second-order valence-corrected chi connectivity index (χ2v) is 6.87. The van der Waals surface area contributed by atoms with Crippen molar-refractivity contribution < 1.29 is 14.3 Å². The number of hydrogen-bond acceptors (Lipinski definition) is 5. The Morgan fingerprint density at radius 2 is 1.96 bits per heavy atom. The molecule has 0 spiro atoms. The zero-order valence-corrected chi connectivity index (χ0v) is 16.2. The van der Waals surface area contributed by atoms with Gasteiger partial charge < -0.3 is 14.8 Å². The second kappa shape index (κ2) is 7.16. The quantitative estimate of drug-likeness (QED) is 0.728. The highest BCUT2D eigenvalue weighted by Gasteiger charge is 2.18. The van der Waals surface area contributed by atoms with Crippen molar-refractivity contribution in [1.29, 1.82) is 0 Å². The lowest BCUT2D eigenvalue weighted by atomic mass is 10.1. The summed E-state index contributed by atoms with van der Waals surface area (Å²) in [5.41, 5.74) is 1.26. The Morgan fingerprint density at radius 1 is 1.18 bits per heavy atom. The van der Waals surface area contributed by atoms with Gasteiger partial charge >= 0.3 is 0 Å². The van der Waals surface area contributed by atoms with Crippen molar-refractivity contribution in [3.63, 3.8) is 0 Å². The zero-order valence-electron chi connectivity index (χ0n) is 15.4. The minimum Gasteiger partial charge on any atom is -0.495 e. The standard InChI is InChI=1S/C20H18ClN3O4/c1-27-16-10-17(28-2)15(9-13(16)21)23-19(25)11-5-6-12-14(8-11)22-18-4-3-7-24(18)20(12)26/h5-6,8-10H,3-4,7H2,1-2H3,(H,23,25). The van der Waals surface area contributed by atoms with Gasteiger partial charge in [-0.05, 0) is 30.7 Å². The van der Waals surface area contributed by atoms with E-state index in [9.17, 15) is 9.59 Å². The summed E-state index contributed by atoms with van der Waals surface area (Å²) >= 11 is 6.16. The monoisotopic (exact) mass is 399 g/mol. The lowest BCUT2D eigenvalue weighted by Gasteiger charge is -2.13. The first-order valence-corrected chi connectivity index (χ1v) is 9.16. The molecule has 144 valence electrons. The minimum absolute atomic E-state index is 0.0620. The number of ether oxygens (including phenoxy) is 2. The molecule has 0 atom stereocenters. The molecule has 7 nitrogen and oxygen atoms in total. The van der Waals surface area contributed by atoms with E-state index in [0.29, 0.717) is 45.2 Å². The van der Waals surface area contributed by atoms with Crippen LogP contribution in [0, 0.1) is 0 Å². The topological polar surface area (TPSA) is 82.5 Å². The van der Waals surface area contributed by atoms with Crippen LogP contribution in [0.25, 0.3) is 10.9 Å². The molecule has 2 heterocycles. The molecule has 0 radical (unpaired) electrons. The molecule has 8 heteroatoms. The fraction of sp³-hybridized carbons (Fsp3) is 0.250. The number of methoxy groups -OCH3 is 2. The second-order valence-electron chi connectivity index (χ2n) is 6.46. The van der Waals surface area contributed by atoms with Crippen LogP contribution in [0.4, 0.5) is 5.69 Å². The molecule has 0 bridgehead atoms. The van der Waals surface area contributed by atoms with Crippen LogP contribution in [0.2, 0.25) is 5.02 Å². The number of amides is 1. The Labute approximate surface area is 165 Å². The Bertz CT molecular complexity index is 1160. The third kappa shape index (κ3) is 3.07. The van der Waals surface area contributed by atoms with E-state index in [-0.39, 0.29) is 11.5 Å². The molecule has 4 rings (SSSR count). The Balaban J connectivity index is 1.69. The van der Waals surface area contributed by atoms with E-state index in [1.807, 2.05) is 0 Å². The van der Waals surface area contributed by atoms with Crippen molar-refractivity contribution in [3.8, 4) is 11.5 Å². The molecule has 1 aliphatic heterocycles. The predicted octanol–water partition coefficient (Wildman–Crippen LogP) is 3.27. The molecular weight excluding hydrogens is 382 g/mol. The number of rotatable bonds is 4. The van der Waals surface area contributed by atoms with Crippen LogP contribution < -0.4 is 20.3 Å². The van der Waals surface area contributed by atoms with Crippen molar-refractivity contribution >= 4 is 34.1 Å². The van der Waals surface area contributed by atoms with Crippen LogP contribution in [0.1, 0.15) is 22.6 Å². The molecule has 2 aromatic carbocycles. The van der Waals surface area contributed by atoms with Gasteiger partial charge in [-0.3, -0.25) is 14.2 Å². The van der Waals surface area contributed by atoms with Crippen molar-refractivity contribution in [3.05, 3.63) is 57.1 Å². The predicted molar refractivity (Wildman–Crippen MR) is 107 cm³/mol. The first kappa shape index (κ1) is 18.3. The van der Waals surface area contributed by atoms with E-state index >= 15 is 0 Å². The van der Waals surface area contributed by atoms with Gasteiger partial charge in [-0.15, -0.1) is 0 Å². The summed E-state index contributed by atoms with van der Waals surface area (Å²) in [6, 6.07) is 8.05. The van der Waals surface area contributed by atoms with Gasteiger partial charge in [-0.2, -0.15) is 0 Å². The molecule has 28 heavy (non-hydrogen) atoms. The third-order valence-electron chi connectivity index (χ3n) is 4.80. The summed E-state index contributed by atoms with van der Waals surface area (Å²) in [5, 5.41) is 3.64. The summed E-state index contributed by atoms with van der Waals surface area (Å²) in [6.45, 7) is 0.692. The van der Waals surface area contributed by atoms with Crippen LogP contribution in [-0.2, 0) is 13.0 Å². The van der Waals surface area contributed by atoms with Crippen LogP contribution in [-0.4, -0.2) is 29.7 Å². The van der Waals surface area contributed by atoms with Gasteiger partial charge in [0.05, 0.1) is 35.8 Å². The van der Waals surface area contributed by atoms with Crippen LogP contribution in [0.15, 0.2) is 35.1 Å². The maximum atomic E-state index is 12.8. The lowest BCUT2D eigenvalue weighted by molar-refractivity contribution is 0.102. The summed E-state index contributed by atoms with van der Waals surface area (Å²) in [4.78, 5) is 29.9. The van der Waals surface area contributed by atoms with Gasteiger partial charge in [-0.25, -0.2) is 4.98 Å². The number of carbonyl (C=O) groups excluding carboxylic acids is 1. The summed E-state index contributed by atoms with van der Waals surface area (Å²) in [5.74, 6) is 1.27. The van der Waals surface area contributed by atoms with E-state index in [1.54, 1.807) is 34.9 Å². The largest absolute Gasteiger partial charge is 0.495 e. The highest BCUT2D eigenvalue weighted by atomic mass is 35.5. The van der Waals surface area contributed by atoms with Gasteiger partial charge in [0.2, 0.25) is 0 Å². The van der Waals surface area contributed by atoms with E-state index < -0.39 is 0 Å². The average Bonchev–Trinajstić information content (AvgIpc) is 3.16. The smallest absolute Gasteiger partial charge is 0.261 e. The number of nitrogens with one attached hydrogen (secondary N) is 1. The third-order valence-corrected chi connectivity index (χ3v) is 5.10. The molecule has 1 aromatic heterocycles. The average molecular weight is 400 g/mol. The SMILES string of the molecule is COc1cc(OC)c(NC(=O)c2ccc3c(=O)n4c(nc3c2)CCC4)cc1Cl. The zero-order chi connectivity index (χ0) is 19.8. The number of aryl methyl sites for hydroxylation is 1. The summed E-state index contributed by atoms with van der Waals surface area (Å²) in [6.07, 6.45) is 1.67. The van der Waals surface area contributed by atoms with Gasteiger partial charge in [0.1, 0.15) is 17.3 Å². The van der Waals surface area contributed by atoms with E-state index in [1.165, 1.54) is 14.2 Å². The minimum atomic E-state index is -0.358. The van der Waals surface area contributed by atoms with Crippen LogP contribution >= 0.6 is 11.6 Å². The first-order valence-electron chi connectivity index (χ1n) is 8.78. The van der Waals surface area contributed by atoms with E-state index in [0.717, 1.165) is 18.7 Å². The number of halogens is 1. The number of nitrogens with zero attached hydrogens (tertiary/aromatic N) is 2. The van der Waals surface area contributed by atoms with Gasteiger partial charge in [0.25, 0.3) is 11.5 Å². The van der Waals surface area contributed by atoms with Crippen LogP contribution in [0.3, 0.4) is 0 Å². The molecule has 3 aromatic rings. The highest BCUT2D eigenvalue weighted by Crippen LogP contribution is 2.36. The number of benzene rings is 2. The van der Waals surface area contributed by atoms with Crippen LogP contribution in [0.5, 0.6) is 11.5 Å². The number of fused-ring (bicyclic) bond motifs is 2. The maximum Gasteiger partial charge on any atom is 0.261 e. The molecule has 1 N–H and O–H groups in total. The molecular formula is C20H18ClN3O4. The Kier molecular flexibility index (Phi) is 4.68. The number of aromatic nitrogens is 2. The fourth-order valence-electron chi connectivity index (χ4n) is 3.38.